The van der Waals surface area contributed by atoms with Gasteiger partial charge in [-0.05, 0) is 29.8 Å². The number of hydrogen-bond acceptors (Lipinski definition) is 7. The van der Waals surface area contributed by atoms with Gasteiger partial charge >= 0.3 is 5.56 Å². The molecule has 2 aromatic heterocycles. The second kappa shape index (κ2) is 12.1. The number of pyridine rings is 2. The molecule has 1 atom stereocenters. The minimum Gasteiger partial charge on any atom is -0.503 e. The number of hydrogen-bond donors (Lipinski definition) is 1. The molecule has 8 nitrogen and oxygen atoms in total. The molecule has 4 rings (SSSR count). The molecule has 0 saturated carbocycles. The predicted octanol–water partition coefficient (Wildman–Crippen LogP) is 4.39. The van der Waals surface area contributed by atoms with E-state index in [1.165, 1.54) is 38.0 Å². The quantitative estimate of drug-likeness (QED) is 0.222. The Morgan fingerprint density at radius 3 is 2.34 bits per heavy atom. The van der Waals surface area contributed by atoms with Crippen LogP contribution in [-0.2, 0) is 17.4 Å². The maximum absolute atomic E-state index is 13.6. The van der Waals surface area contributed by atoms with Gasteiger partial charge in [0.1, 0.15) is 29.2 Å². The van der Waals surface area contributed by atoms with Crippen molar-refractivity contribution < 1.29 is 28.4 Å². The molecule has 4 aromatic rings. The number of rotatable bonds is 11. The first-order chi connectivity index (χ1) is 18.4. The summed E-state index contributed by atoms with van der Waals surface area (Å²) in [4.78, 5) is 18.3. The minimum absolute atomic E-state index is 0.0511. The third-order valence-electron chi connectivity index (χ3n) is 6.06. The molecule has 38 heavy (non-hydrogen) atoms. The van der Waals surface area contributed by atoms with Crippen LogP contribution in [0.5, 0.6) is 28.7 Å². The molecule has 0 spiro atoms. The summed E-state index contributed by atoms with van der Waals surface area (Å²) < 4.78 is 36.9. The molecule has 2 aromatic carbocycles. The fraction of sp³-hybridized carbons (Fsp3) is 0.286. The van der Waals surface area contributed by atoms with Crippen molar-refractivity contribution in [3.8, 4) is 28.7 Å². The van der Waals surface area contributed by atoms with Gasteiger partial charge in [0.2, 0.25) is 5.75 Å². The molecule has 0 bridgehead atoms. The van der Waals surface area contributed by atoms with Gasteiger partial charge in [-0.15, -0.1) is 0 Å². The Bertz CT molecular complexity index is 1450. The van der Waals surface area contributed by atoms with Crippen LogP contribution in [0, 0.1) is 5.82 Å². The van der Waals surface area contributed by atoms with Crippen molar-refractivity contribution in [2.45, 2.75) is 17.9 Å². The Balaban J connectivity index is 1.54. The lowest BCUT2D eigenvalue weighted by Gasteiger charge is -2.15. The fourth-order valence-corrected chi connectivity index (χ4v) is 5.78. The van der Waals surface area contributed by atoms with Crippen LogP contribution in [0.1, 0.15) is 12.0 Å². The van der Waals surface area contributed by atoms with Gasteiger partial charge in [-0.3, -0.25) is 9.36 Å². The topological polar surface area (TPSA) is 92.0 Å². The second-order valence-corrected chi connectivity index (χ2v) is 10.6. The first kappa shape index (κ1) is 27.1. The molecule has 0 aliphatic heterocycles. The number of aromatic hydroxyl groups is 1. The highest BCUT2D eigenvalue weighted by Crippen LogP contribution is 2.40. The van der Waals surface area contributed by atoms with E-state index in [1.807, 2.05) is 6.26 Å². The van der Waals surface area contributed by atoms with E-state index in [4.69, 9.17) is 18.9 Å². The van der Waals surface area contributed by atoms with Crippen LogP contribution in [0.15, 0.2) is 64.4 Å². The summed E-state index contributed by atoms with van der Waals surface area (Å²) in [7, 11) is 4.04. The monoisotopic (exact) mass is 541 g/mol. The van der Waals surface area contributed by atoms with Crippen LogP contribution in [0.3, 0.4) is 0 Å². The molecule has 0 fully saturated rings. The zero-order valence-corrected chi connectivity index (χ0v) is 22.5. The lowest BCUT2D eigenvalue weighted by atomic mass is 10.2. The number of fused-ring (bicyclic) bond motifs is 1. The molecule has 0 radical (unpaired) electrons. The molecule has 1 N–H and O–H groups in total. The molecule has 200 valence electrons. The van der Waals surface area contributed by atoms with Crippen molar-refractivity contribution in [1.82, 2.24) is 9.55 Å². The second-order valence-electron chi connectivity index (χ2n) is 8.47. The molecule has 10 heteroatoms. The Hall–Kier alpha value is -3.92. The number of methoxy groups -OCH3 is 3. The van der Waals surface area contributed by atoms with E-state index in [9.17, 15) is 14.3 Å². The van der Waals surface area contributed by atoms with E-state index in [0.717, 1.165) is 5.56 Å². The summed E-state index contributed by atoms with van der Waals surface area (Å²) in [6.45, 7) is 0.594. The van der Waals surface area contributed by atoms with Gasteiger partial charge in [-0.1, -0.05) is 12.1 Å². The number of aromatic nitrogens is 2. The molecule has 0 saturated heterocycles. The standard InChI is InChI=1S/C28H29FN2O6S/c1-34-22-15-20(16-23(35-2)25(22)36-3)37-13-6-14-38(4)26-24(32)21-7-5-12-30-27(21)31(28(26)33)17-18-8-10-19(29)11-9-18/h5,7-12,15-16H,6,13-14,17H2,1-4H3/p+1. The van der Waals surface area contributed by atoms with Crippen LogP contribution in [0.2, 0.25) is 0 Å². The van der Waals surface area contributed by atoms with Gasteiger partial charge in [0.15, 0.2) is 17.2 Å². The van der Waals surface area contributed by atoms with Crippen LogP contribution in [0.4, 0.5) is 4.39 Å². The lowest BCUT2D eigenvalue weighted by Crippen LogP contribution is -2.28. The first-order valence-corrected chi connectivity index (χ1v) is 13.7. The van der Waals surface area contributed by atoms with Crippen molar-refractivity contribution in [1.29, 1.82) is 0 Å². The van der Waals surface area contributed by atoms with Crippen LogP contribution in [0.25, 0.3) is 11.0 Å². The number of halogens is 1. The average molecular weight is 542 g/mol. The molecular weight excluding hydrogens is 511 g/mol. The van der Waals surface area contributed by atoms with Crippen LogP contribution >= 0.6 is 0 Å². The van der Waals surface area contributed by atoms with Gasteiger partial charge in [0.05, 0.1) is 39.9 Å². The van der Waals surface area contributed by atoms with E-state index in [-0.39, 0.29) is 23.7 Å². The van der Waals surface area contributed by atoms with Crippen molar-refractivity contribution >= 4 is 21.9 Å². The third-order valence-corrected chi connectivity index (χ3v) is 8.02. The lowest BCUT2D eigenvalue weighted by molar-refractivity contribution is 0.299. The third kappa shape index (κ3) is 5.65. The van der Waals surface area contributed by atoms with Crippen molar-refractivity contribution in [3.05, 3.63) is 76.5 Å². The molecule has 0 aliphatic carbocycles. The Morgan fingerprint density at radius 2 is 1.71 bits per heavy atom. The van der Waals surface area contributed by atoms with E-state index in [1.54, 1.807) is 42.6 Å². The zero-order valence-electron chi connectivity index (χ0n) is 21.7. The van der Waals surface area contributed by atoms with E-state index < -0.39 is 10.9 Å². The number of nitrogens with zero attached hydrogens (tertiary/aromatic N) is 2. The molecule has 0 aliphatic rings. The highest BCUT2D eigenvalue weighted by molar-refractivity contribution is 7.96. The molecule has 1 unspecified atom stereocenters. The summed E-state index contributed by atoms with van der Waals surface area (Å²) >= 11 is 0. The Labute approximate surface area is 222 Å². The average Bonchev–Trinajstić information content (AvgIpc) is 2.93. The SMILES string of the molecule is COc1cc(OCCC[S+](C)c2c(O)c3cccnc3n(Cc3ccc(F)cc3)c2=O)cc(OC)c1OC. The highest BCUT2D eigenvalue weighted by atomic mass is 32.2. The van der Waals surface area contributed by atoms with E-state index in [0.29, 0.717) is 57.7 Å². The highest BCUT2D eigenvalue weighted by Gasteiger charge is 2.29. The Kier molecular flexibility index (Phi) is 8.62. The number of benzene rings is 2. The van der Waals surface area contributed by atoms with E-state index in [2.05, 4.69) is 4.98 Å². The van der Waals surface area contributed by atoms with Crippen molar-refractivity contribution in [2.24, 2.45) is 0 Å². The van der Waals surface area contributed by atoms with Gasteiger partial charge in [0.25, 0.3) is 4.90 Å². The first-order valence-electron chi connectivity index (χ1n) is 11.9. The largest absolute Gasteiger partial charge is 0.503 e. The fourth-order valence-electron chi connectivity index (χ4n) is 4.18. The molecule has 2 heterocycles. The van der Waals surface area contributed by atoms with Crippen LogP contribution in [-0.4, -0.2) is 54.6 Å². The molecule has 0 amide bonds. The van der Waals surface area contributed by atoms with Crippen molar-refractivity contribution in [3.63, 3.8) is 0 Å². The predicted molar refractivity (Wildman–Crippen MR) is 146 cm³/mol. The maximum atomic E-state index is 13.6. The van der Waals surface area contributed by atoms with Crippen LogP contribution < -0.4 is 24.5 Å². The summed E-state index contributed by atoms with van der Waals surface area (Å²) in [5.74, 6) is 2.26. The maximum Gasteiger partial charge on any atom is 0.311 e. The van der Waals surface area contributed by atoms with Gasteiger partial charge in [-0.2, -0.15) is 0 Å². The summed E-state index contributed by atoms with van der Waals surface area (Å²) in [5, 5.41) is 11.6. The minimum atomic E-state index is -0.580. The summed E-state index contributed by atoms with van der Waals surface area (Å²) in [5.41, 5.74) is 0.826. The van der Waals surface area contributed by atoms with Gasteiger partial charge < -0.3 is 24.1 Å². The van der Waals surface area contributed by atoms with Gasteiger partial charge in [0, 0.05) is 35.6 Å². The Morgan fingerprint density at radius 1 is 1.03 bits per heavy atom. The van der Waals surface area contributed by atoms with Crippen molar-refractivity contribution in [2.75, 3.05) is 39.9 Å². The summed E-state index contributed by atoms with van der Waals surface area (Å²) in [6, 6.07) is 12.9. The number of ether oxygens (including phenoxy) is 4. The summed E-state index contributed by atoms with van der Waals surface area (Å²) in [6.07, 6.45) is 4.15. The normalized spacial score (nSPS) is 11.8. The van der Waals surface area contributed by atoms with Gasteiger partial charge in [-0.25, -0.2) is 9.37 Å². The zero-order chi connectivity index (χ0) is 27.2. The van der Waals surface area contributed by atoms with E-state index >= 15 is 0 Å². The smallest absolute Gasteiger partial charge is 0.311 e. The molecular formula is C28H30FN2O6S+.